The Balaban J connectivity index is 1.82. The lowest BCUT2D eigenvalue weighted by Crippen LogP contribution is -2.23. The van der Waals surface area contributed by atoms with Crippen LogP contribution in [0.25, 0.3) is 11.3 Å². The minimum Gasteiger partial charge on any atom is -0.495 e. The molecular formula is C21H17ClF3N3O2S. The van der Waals surface area contributed by atoms with Gasteiger partial charge in [0.2, 0.25) is 5.91 Å². The van der Waals surface area contributed by atoms with Crippen LogP contribution in [0, 0.1) is 0 Å². The minimum atomic E-state index is -4.65. The van der Waals surface area contributed by atoms with Crippen LogP contribution in [-0.2, 0) is 11.0 Å². The summed E-state index contributed by atoms with van der Waals surface area (Å²) in [6.45, 7) is 1.55. The average molecular weight is 468 g/mol. The van der Waals surface area contributed by atoms with E-state index in [4.69, 9.17) is 16.3 Å². The summed E-state index contributed by atoms with van der Waals surface area (Å²) >= 11 is 6.88. The number of hydrogen-bond donors (Lipinski definition) is 1. The van der Waals surface area contributed by atoms with Gasteiger partial charge in [0.15, 0.2) is 5.16 Å². The molecule has 3 aromatic rings. The molecule has 1 N–H and O–H groups in total. The molecule has 0 aliphatic carbocycles. The van der Waals surface area contributed by atoms with Crippen LogP contribution in [0.3, 0.4) is 0 Å². The van der Waals surface area contributed by atoms with Gasteiger partial charge in [-0.1, -0.05) is 53.7 Å². The number of carbonyl (C=O) groups is 1. The topological polar surface area (TPSA) is 64.1 Å². The molecule has 1 aromatic heterocycles. The van der Waals surface area contributed by atoms with E-state index in [-0.39, 0.29) is 10.9 Å². The zero-order valence-corrected chi connectivity index (χ0v) is 18.0. The van der Waals surface area contributed by atoms with E-state index in [9.17, 15) is 18.0 Å². The van der Waals surface area contributed by atoms with Crippen LogP contribution in [0.5, 0.6) is 5.75 Å². The van der Waals surface area contributed by atoms with Crippen LogP contribution >= 0.6 is 23.4 Å². The number of aromatic nitrogens is 2. The maximum atomic E-state index is 13.3. The van der Waals surface area contributed by atoms with Crippen LogP contribution in [0.1, 0.15) is 12.6 Å². The second-order valence-corrected chi connectivity index (χ2v) is 8.10. The van der Waals surface area contributed by atoms with Crippen molar-refractivity contribution in [2.45, 2.75) is 23.5 Å². The number of benzene rings is 2. The highest BCUT2D eigenvalue weighted by atomic mass is 35.5. The summed E-state index contributed by atoms with van der Waals surface area (Å²) in [6.07, 6.45) is -4.65. The molecule has 1 unspecified atom stereocenters. The number of amides is 1. The molecule has 0 aliphatic rings. The van der Waals surface area contributed by atoms with E-state index in [2.05, 4.69) is 15.3 Å². The third kappa shape index (κ3) is 5.89. The Labute approximate surface area is 186 Å². The average Bonchev–Trinajstić information content (AvgIpc) is 2.73. The van der Waals surface area contributed by atoms with Gasteiger partial charge in [-0.2, -0.15) is 13.2 Å². The SMILES string of the molecule is COc1ccc(NC(=O)C(C)Sc2nc(-c3ccccc3)cc(C(F)(F)F)n2)cc1Cl. The second-order valence-electron chi connectivity index (χ2n) is 6.38. The fourth-order valence-electron chi connectivity index (χ4n) is 2.58. The van der Waals surface area contributed by atoms with Gasteiger partial charge in [0, 0.05) is 11.3 Å². The first-order chi connectivity index (χ1) is 14.7. The van der Waals surface area contributed by atoms with Crippen molar-refractivity contribution in [2.24, 2.45) is 0 Å². The number of rotatable bonds is 6. The predicted molar refractivity (Wildman–Crippen MR) is 114 cm³/mol. The van der Waals surface area contributed by atoms with Gasteiger partial charge < -0.3 is 10.1 Å². The van der Waals surface area contributed by atoms with E-state index in [1.165, 1.54) is 13.2 Å². The van der Waals surface area contributed by atoms with Crippen molar-refractivity contribution in [3.63, 3.8) is 0 Å². The zero-order valence-electron chi connectivity index (χ0n) is 16.4. The Bertz CT molecular complexity index is 1080. The highest BCUT2D eigenvalue weighted by Crippen LogP contribution is 2.33. The van der Waals surface area contributed by atoms with Gasteiger partial charge in [-0.15, -0.1) is 0 Å². The van der Waals surface area contributed by atoms with Gasteiger partial charge in [0.05, 0.1) is 23.1 Å². The van der Waals surface area contributed by atoms with Crippen molar-refractivity contribution >= 4 is 35.0 Å². The Kier molecular flexibility index (Phi) is 7.07. The smallest absolute Gasteiger partial charge is 0.433 e. The number of thioether (sulfide) groups is 1. The molecule has 31 heavy (non-hydrogen) atoms. The molecule has 0 spiro atoms. The van der Waals surface area contributed by atoms with E-state index in [1.807, 2.05) is 0 Å². The molecule has 5 nitrogen and oxygen atoms in total. The number of methoxy groups -OCH3 is 1. The third-order valence-electron chi connectivity index (χ3n) is 4.14. The number of ether oxygens (including phenoxy) is 1. The highest BCUT2D eigenvalue weighted by molar-refractivity contribution is 8.00. The molecule has 1 amide bonds. The van der Waals surface area contributed by atoms with E-state index >= 15 is 0 Å². The van der Waals surface area contributed by atoms with Crippen molar-refractivity contribution in [2.75, 3.05) is 12.4 Å². The first kappa shape index (κ1) is 22.9. The predicted octanol–water partition coefficient (Wildman–Crippen LogP) is 5.94. The van der Waals surface area contributed by atoms with Gasteiger partial charge in [0.25, 0.3) is 0 Å². The van der Waals surface area contributed by atoms with Gasteiger partial charge >= 0.3 is 6.18 Å². The van der Waals surface area contributed by atoms with E-state index in [0.717, 1.165) is 17.8 Å². The zero-order chi connectivity index (χ0) is 22.6. The van der Waals surface area contributed by atoms with E-state index in [0.29, 0.717) is 22.0 Å². The summed E-state index contributed by atoms with van der Waals surface area (Å²) in [7, 11) is 1.47. The molecule has 162 valence electrons. The summed E-state index contributed by atoms with van der Waals surface area (Å²) in [6, 6.07) is 14.1. The lowest BCUT2D eigenvalue weighted by molar-refractivity contribution is -0.141. The first-order valence-corrected chi connectivity index (χ1v) is 10.3. The normalized spacial score (nSPS) is 12.3. The van der Waals surface area contributed by atoms with Crippen LogP contribution in [-0.4, -0.2) is 28.2 Å². The number of hydrogen-bond acceptors (Lipinski definition) is 5. The molecule has 0 aliphatic heterocycles. The van der Waals surface area contributed by atoms with Crippen molar-refractivity contribution in [1.29, 1.82) is 0 Å². The molecule has 0 saturated carbocycles. The molecule has 10 heteroatoms. The molecule has 1 heterocycles. The molecule has 1 atom stereocenters. The summed E-state index contributed by atoms with van der Waals surface area (Å²) < 4.78 is 45.1. The molecule has 2 aromatic carbocycles. The van der Waals surface area contributed by atoms with Crippen LogP contribution in [0.4, 0.5) is 18.9 Å². The van der Waals surface area contributed by atoms with Crippen LogP contribution in [0.2, 0.25) is 5.02 Å². The summed E-state index contributed by atoms with van der Waals surface area (Å²) in [5.74, 6) is 0.0152. The van der Waals surface area contributed by atoms with Crippen molar-refractivity contribution in [3.05, 3.63) is 65.3 Å². The molecule has 3 rings (SSSR count). The number of alkyl halides is 3. The Hall–Kier alpha value is -2.78. The summed E-state index contributed by atoms with van der Waals surface area (Å²) in [4.78, 5) is 20.4. The number of anilines is 1. The van der Waals surface area contributed by atoms with Crippen molar-refractivity contribution in [3.8, 4) is 17.0 Å². The maximum absolute atomic E-state index is 13.3. The number of carbonyl (C=O) groups excluding carboxylic acids is 1. The standard InChI is InChI=1S/C21H17ClF3N3O2S/c1-12(19(29)26-14-8-9-17(30-2)15(22)10-14)31-20-27-16(13-6-4-3-5-7-13)11-18(28-20)21(23,24)25/h3-12H,1-2H3,(H,26,29). The largest absolute Gasteiger partial charge is 0.495 e. The fraction of sp³-hybridized carbons (Fsp3) is 0.190. The van der Waals surface area contributed by atoms with Crippen molar-refractivity contribution in [1.82, 2.24) is 9.97 Å². The number of nitrogens with one attached hydrogen (secondary N) is 1. The van der Waals surface area contributed by atoms with Gasteiger partial charge in [-0.05, 0) is 31.2 Å². The Morgan fingerprint density at radius 2 is 1.84 bits per heavy atom. The molecule has 0 bridgehead atoms. The van der Waals surface area contributed by atoms with Crippen LogP contribution < -0.4 is 10.1 Å². The molecular weight excluding hydrogens is 451 g/mol. The summed E-state index contributed by atoms with van der Waals surface area (Å²) in [5, 5.41) is 2.06. The monoisotopic (exact) mass is 467 g/mol. The quantitative estimate of drug-likeness (QED) is 0.359. The Morgan fingerprint density at radius 1 is 1.13 bits per heavy atom. The number of nitrogens with zero attached hydrogens (tertiary/aromatic N) is 2. The maximum Gasteiger partial charge on any atom is 0.433 e. The fourth-order valence-corrected chi connectivity index (χ4v) is 3.62. The molecule has 0 saturated heterocycles. The van der Waals surface area contributed by atoms with Gasteiger partial charge in [0.1, 0.15) is 11.4 Å². The van der Waals surface area contributed by atoms with E-state index in [1.54, 1.807) is 49.4 Å². The van der Waals surface area contributed by atoms with Gasteiger partial charge in [-0.3, -0.25) is 4.79 Å². The second kappa shape index (κ2) is 9.57. The minimum absolute atomic E-state index is 0.125. The first-order valence-electron chi connectivity index (χ1n) is 9.00. The lowest BCUT2D eigenvalue weighted by Gasteiger charge is -2.14. The van der Waals surface area contributed by atoms with Gasteiger partial charge in [-0.25, -0.2) is 9.97 Å². The highest BCUT2D eigenvalue weighted by Gasteiger charge is 2.34. The van der Waals surface area contributed by atoms with E-state index < -0.39 is 23.0 Å². The third-order valence-corrected chi connectivity index (χ3v) is 5.39. The van der Waals surface area contributed by atoms with Crippen molar-refractivity contribution < 1.29 is 22.7 Å². The molecule has 0 radical (unpaired) electrons. The summed E-state index contributed by atoms with van der Waals surface area (Å²) in [5.41, 5.74) is -0.00113. The lowest BCUT2D eigenvalue weighted by atomic mass is 10.1. The molecule has 0 fully saturated rings. The number of halogens is 4. The Morgan fingerprint density at radius 3 is 2.45 bits per heavy atom. The van der Waals surface area contributed by atoms with Crippen LogP contribution in [0.15, 0.2) is 59.8 Å².